The van der Waals surface area contributed by atoms with E-state index < -0.39 is 11.5 Å². The fourth-order valence-corrected chi connectivity index (χ4v) is 1.18. The van der Waals surface area contributed by atoms with E-state index in [4.69, 9.17) is 5.11 Å². The molecule has 88 valence electrons. The summed E-state index contributed by atoms with van der Waals surface area (Å²) in [5.74, 6) is -1.26. The Bertz CT molecular complexity index is 370. The zero-order valence-electron chi connectivity index (χ0n) is 9.19. The largest absolute Gasteiger partial charge is 0.481 e. The quantitative estimate of drug-likeness (QED) is 0.782. The number of aromatic nitrogens is 1. The van der Waals surface area contributed by atoms with E-state index >= 15 is 0 Å². The first-order valence-corrected chi connectivity index (χ1v) is 4.85. The molecule has 0 saturated carbocycles. The summed E-state index contributed by atoms with van der Waals surface area (Å²) in [7, 11) is 0. The van der Waals surface area contributed by atoms with Gasteiger partial charge in [0.05, 0.1) is 0 Å². The van der Waals surface area contributed by atoms with E-state index in [0.717, 1.165) is 0 Å². The molecule has 0 fully saturated rings. The lowest BCUT2D eigenvalue weighted by Gasteiger charge is -2.24. The highest BCUT2D eigenvalue weighted by atomic mass is 16.5. The molecule has 0 unspecified atom stereocenters. The van der Waals surface area contributed by atoms with Crippen LogP contribution in [0.2, 0.25) is 0 Å². The number of amides is 1. The minimum atomic E-state index is -0.885. The molecular formula is C10H14N2O4. The zero-order valence-corrected chi connectivity index (χ0v) is 9.19. The lowest BCUT2D eigenvalue weighted by Crippen LogP contribution is -2.43. The Morgan fingerprint density at radius 3 is 2.75 bits per heavy atom. The second kappa shape index (κ2) is 4.78. The van der Waals surface area contributed by atoms with Gasteiger partial charge in [-0.3, -0.25) is 9.59 Å². The highest BCUT2D eigenvalue weighted by Gasteiger charge is 2.23. The summed E-state index contributed by atoms with van der Waals surface area (Å²) in [6.45, 7) is 3.52. The van der Waals surface area contributed by atoms with Crippen molar-refractivity contribution in [3.8, 4) is 0 Å². The summed E-state index contributed by atoms with van der Waals surface area (Å²) in [4.78, 5) is 22.0. The number of nitrogens with zero attached hydrogens (tertiary/aromatic N) is 1. The average Bonchev–Trinajstić information content (AvgIpc) is 2.67. The molecular weight excluding hydrogens is 212 g/mol. The van der Waals surface area contributed by atoms with Crippen LogP contribution in [0.1, 0.15) is 37.2 Å². The smallest absolute Gasteiger partial charge is 0.303 e. The van der Waals surface area contributed by atoms with E-state index in [0.29, 0.717) is 6.42 Å². The number of carboxylic acids is 1. The number of rotatable bonds is 5. The summed E-state index contributed by atoms with van der Waals surface area (Å²) in [6, 6.07) is 1.45. The monoisotopic (exact) mass is 226 g/mol. The lowest BCUT2D eigenvalue weighted by molar-refractivity contribution is -0.137. The van der Waals surface area contributed by atoms with Gasteiger partial charge < -0.3 is 14.9 Å². The number of carbonyl (C=O) groups is 2. The van der Waals surface area contributed by atoms with Crippen LogP contribution in [0.4, 0.5) is 0 Å². The summed E-state index contributed by atoms with van der Waals surface area (Å²) in [5.41, 5.74) is -0.405. The Morgan fingerprint density at radius 2 is 2.25 bits per heavy atom. The molecule has 0 bridgehead atoms. The van der Waals surface area contributed by atoms with E-state index in [2.05, 4.69) is 15.0 Å². The van der Waals surface area contributed by atoms with Crippen LogP contribution >= 0.6 is 0 Å². The Kier molecular flexibility index (Phi) is 3.65. The van der Waals surface area contributed by atoms with Crippen LogP contribution in [-0.2, 0) is 4.79 Å². The van der Waals surface area contributed by atoms with Gasteiger partial charge in [-0.1, -0.05) is 5.16 Å². The third-order valence-electron chi connectivity index (χ3n) is 2.09. The molecule has 2 N–H and O–H groups in total. The fraction of sp³-hybridized carbons (Fsp3) is 0.500. The van der Waals surface area contributed by atoms with E-state index in [1.807, 2.05) is 0 Å². The molecule has 0 aliphatic rings. The van der Waals surface area contributed by atoms with Gasteiger partial charge in [0.1, 0.15) is 6.26 Å². The van der Waals surface area contributed by atoms with E-state index in [9.17, 15) is 9.59 Å². The number of nitrogens with one attached hydrogen (secondary N) is 1. The molecule has 0 aromatic carbocycles. The van der Waals surface area contributed by atoms with E-state index in [1.165, 1.54) is 12.3 Å². The molecule has 6 heteroatoms. The predicted octanol–water partition coefficient (Wildman–Crippen LogP) is 1.05. The first kappa shape index (κ1) is 12.2. The molecule has 1 heterocycles. The van der Waals surface area contributed by atoms with Crippen molar-refractivity contribution in [2.75, 3.05) is 0 Å². The topological polar surface area (TPSA) is 92.4 Å². The molecule has 1 aromatic heterocycles. The van der Waals surface area contributed by atoms with Gasteiger partial charge in [0.25, 0.3) is 5.91 Å². The van der Waals surface area contributed by atoms with Crippen molar-refractivity contribution in [2.45, 2.75) is 32.2 Å². The molecule has 0 saturated heterocycles. The normalized spacial score (nSPS) is 11.1. The molecule has 6 nitrogen and oxygen atoms in total. The second-order valence-corrected chi connectivity index (χ2v) is 4.12. The van der Waals surface area contributed by atoms with Crippen molar-refractivity contribution in [3.05, 3.63) is 18.0 Å². The number of hydrogen-bond donors (Lipinski definition) is 2. The highest BCUT2D eigenvalue weighted by Crippen LogP contribution is 2.12. The molecule has 0 aliphatic carbocycles. The van der Waals surface area contributed by atoms with Crippen LogP contribution in [0.5, 0.6) is 0 Å². The van der Waals surface area contributed by atoms with Crippen LogP contribution in [0, 0.1) is 0 Å². The van der Waals surface area contributed by atoms with E-state index in [1.54, 1.807) is 13.8 Å². The standard InChI is InChI=1S/C10H14N2O4/c1-10(2,5-3-8(13)14)11-9(15)7-4-6-16-12-7/h4,6H,3,5H2,1-2H3,(H,11,15)(H,13,14). The Morgan fingerprint density at radius 1 is 1.56 bits per heavy atom. The maximum Gasteiger partial charge on any atom is 0.303 e. The maximum absolute atomic E-state index is 11.6. The molecule has 16 heavy (non-hydrogen) atoms. The van der Waals surface area contributed by atoms with Crippen LogP contribution in [0.3, 0.4) is 0 Å². The molecule has 1 rings (SSSR count). The van der Waals surface area contributed by atoms with E-state index in [-0.39, 0.29) is 18.0 Å². The van der Waals surface area contributed by atoms with Gasteiger partial charge in [0.2, 0.25) is 0 Å². The van der Waals surface area contributed by atoms with Crippen molar-refractivity contribution in [2.24, 2.45) is 0 Å². The van der Waals surface area contributed by atoms with Crippen LogP contribution < -0.4 is 5.32 Å². The summed E-state index contributed by atoms with van der Waals surface area (Å²) in [6.07, 6.45) is 1.66. The van der Waals surface area contributed by atoms with Crippen LogP contribution in [-0.4, -0.2) is 27.7 Å². The summed E-state index contributed by atoms with van der Waals surface area (Å²) < 4.78 is 4.54. The van der Waals surface area contributed by atoms with Crippen molar-refractivity contribution < 1.29 is 19.2 Å². The van der Waals surface area contributed by atoms with Gasteiger partial charge >= 0.3 is 5.97 Å². The zero-order chi connectivity index (χ0) is 12.2. The maximum atomic E-state index is 11.6. The molecule has 1 aromatic rings. The SMILES string of the molecule is CC(C)(CCC(=O)O)NC(=O)c1ccon1. The summed E-state index contributed by atoms with van der Waals surface area (Å²) >= 11 is 0. The Hall–Kier alpha value is -1.85. The van der Waals surface area contributed by atoms with Crippen molar-refractivity contribution in [3.63, 3.8) is 0 Å². The Labute approximate surface area is 92.6 Å². The minimum absolute atomic E-state index is 0.00605. The first-order chi connectivity index (χ1) is 7.41. The highest BCUT2D eigenvalue weighted by molar-refractivity contribution is 5.92. The second-order valence-electron chi connectivity index (χ2n) is 4.12. The molecule has 0 radical (unpaired) electrons. The lowest BCUT2D eigenvalue weighted by atomic mass is 9.98. The van der Waals surface area contributed by atoms with Gasteiger partial charge in [-0.25, -0.2) is 0 Å². The molecule has 0 aliphatic heterocycles. The molecule has 1 amide bonds. The molecule has 0 spiro atoms. The average molecular weight is 226 g/mol. The van der Waals surface area contributed by atoms with Crippen LogP contribution in [0.15, 0.2) is 16.9 Å². The number of hydrogen-bond acceptors (Lipinski definition) is 4. The van der Waals surface area contributed by atoms with Crippen molar-refractivity contribution in [1.82, 2.24) is 10.5 Å². The van der Waals surface area contributed by atoms with Gasteiger partial charge in [-0.15, -0.1) is 0 Å². The number of carbonyl (C=O) groups excluding carboxylic acids is 1. The predicted molar refractivity (Wildman–Crippen MR) is 54.9 cm³/mol. The van der Waals surface area contributed by atoms with Gasteiger partial charge in [0.15, 0.2) is 5.69 Å². The molecule has 0 atom stereocenters. The minimum Gasteiger partial charge on any atom is -0.481 e. The first-order valence-electron chi connectivity index (χ1n) is 4.85. The van der Waals surface area contributed by atoms with Crippen LogP contribution in [0.25, 0.3) is 0 Å². The fourth-order valence-electron chi connectivity index (χ4n) is 1.18. The van der Waals surface area contributed by atoms with Crippen molar-refractivity contribution >= 4 is 11.9 Å². The van der Waals surface area contributed by atoms with Gasteiger partial charge in [0, 0.05) is 18.0 Å². The number of aliphatic carboxylic acids is 1. The third kappa shape index (κ3) is 3.72. The van der Waals surface area contributed by atoms with Crippen molar-refractivity contribution in [1.29, 1.82) is 0 Å². The number of carboxylic acid groups (broad SMARTS) is 1. The Balaban J connectivity index is 2.52. The van der Waals surface area contributed by atoms with Gasteiger partial charge in [-0.05, 0) is 20.3 Å². The summed E-state index contributed by atoms with van der Waals surface area (Å²) in [5, 5.41) is 14.7. The third-order valence-corrected chi connectivity index (χ3v) is 2.09. The van der Waals surface area contributed by atoms with Gasteiger partial charge in [-0.2, -0.15) is 0 Å².